The van der Waals surface area contributed by atoms with Crippen LogP contribution in [0.25, 0.3) is 103 Å². The average Bonchev–Trinajstić information content (AvgIpc) is 1.31. The molecule has 0 atom stereocenters. The Morgan fingerprint density at radius 1 is 0.399 bits per heavy atom. The summed E-state index contributed by atoms with van der Waals surface area (Å²) in [7, 11) is -12.1. The molecule has 33 nitrogen and oxygen atoms in total. The quantitative estimate of drug-likeness (QED) is 0.0194. The van der Waals surface area contributed by atoms with E-state index in [4.69, 9.17) is 27.5 Å². The summed E-state index contributed by atoms with van der Waals surface area (Å²) in [5.41, 5.74) is 22.8. The lowest BCUT2D eigenvalue weighted by molar-refractivity contribution is 0.330. The van der Waals surface area contributed by atoms with Crippen LogP contribution in [-0.4, -0.2) is 261 Å². The first-order chi connectivity index (χ1) is 71.3. The van der Waals surface area contributed by atoms with Crippen LogP contribution in [0.5, 0.6) is 5.19 Å². The van der Waals surface area contributed by atoms with Crippen LogP contribution in [0.3, 0.4) is 0 Å². The van der Waals surface area contributed by atoms with Gasteiger partial charge in [-0.1, -0.05) is 41.1 Å². The van der Waals surface area contributed by atoms with Gasteiger partial charge in [-0.05, 0) is 282 Å². The van der Waals surface area contributed by atoms with Crippen molar-refractivity contribution < 1.29 is 46.8 Å². The molecule has 5 aliphatic rings. The van der Waals surface area contributed by atoms with Gasteiger partial charge in [0, 0.05) is 304 Å². The van der Waals surface area contributed by atoms with Crippen LogP contribution in [0.4, 0.5) is 34.1 Å². The number of halogens is 1. The van der Waals surface area contributed by atoms with E-state index in [1.54, 1.807) is 119 Å². The number of ether oxygens (including phenoxy) is 1. The van der Waals surface area contributed by atoms with E-state index in [1.807, 2.05) is 119 Å². The number of sulfonamides is 5. The third-order valence-corrected chi connectivity index (χ3v) is 38.2. The second-order valence-corrected chi connectivity index (χ2v) is 49.6. The van der Waals surface area contributed by atoms with Gasteiger partial charge in [-0.25, -0.2) is 68.6 Å². The molecule has 5 aliphatic heterocycles. The molecule has 13 heterocycles. The summed E-state index contributed by atoms with van der Waals surface area (Å²) in [6, 6.07) is 44.2. The lowest BCUT2D eigenvalue weighted by Crippen LogP contribution is -2.42. The number of nitrogens with one attached hydrogen (secondary N) is 7. The monoisotopic (exact) mass is 2140 g/mol. The molecule has 19 rings (SSSR count). The fraction of sp³-hybridized carbons (Fsp3) is 0.370. The second kappa shape index (κ2) is 50.3. The molecule has 6 aromatic carbocycles. The summed E-state index contributed by atoms with van der Waals surface area (Å²) >= 11 is 7.63. The number of pyridine rings is 7. The van der Waals surface area contributed by atoms with Crippen LogP contribution in [0.1, 0.15) is 123 Å². The van der Waals surface area contributed by atoms with Crippen molar-refractivity contribution in [1.82, 2.24) is 61.4 Å². The van der Waals surface area contributed by atoms with E-state index in [-0.39, 0.29) is 59.0 Å². The number of aryl methyl sites for hydroxylation is 1. The van der Waals surface area contributed by atoms with Crippen molar-refractivity contribution in [2.45, 2.75) is 143 Å². The topological polar surface area (TPSA) is 434 Å². The first-order valence-electron chi connectivity index (χ1n) is 50.2. The van der Waals surface area contributed by atoms with Gasteiger partial charge >= 0.3 is 0 Å². The maximum absolute atomic E-state index is 12.2. The van der Waals surface area contributed by atoms with Crippen molar-refractivity contribution >= 4 is 179 Å². The van der Waals surface area contributed by atoms with Crippen molar-refractivity contribution in [3.05, 3.63) is 242 Å². The third-order valence-electron chi connectivity index (χ3n) is 27.6. The molecule has 5 fully saturated rings. The van der Waals surface area contributed by atoms with Crippen LogP contribution in [0.15, 0.2) is 225 Å². The largest absolute Gasteiger partial charge is 0.473 e. The van der Waals surface area contributed by atoms with E-state index in [9.17, 15) is 42.1 Å². The molecule has 0 saturated carbocycles. The Bertz CT molecular complexity index is 7670. The first-order valence-corrected chi connectivity index (χ1v) is 59.5. The number of aromatic nitrogens is 8. The molecule has 0 bridgehead atoms. The van der Waals surface area contributed by atoms with Crippen molar-refractivity contribution in [2.24, 2.45) is 10.7 Å². The Balaban J connectivity index is 0.000000139. The highest BCUT2D eigenvalue weighted by Crippen LogP contribution is 2.41. The Morgan fingerprint density at radius 3 is 1.06 bits per heavy atom. The van der Waals surface area contributed by atoms with Crippen molar-refractivity contribution in [1.29, 1.82) is 5.41 Å². The van der Waals surface area contributed by atoms with Gasteiger partial charge in [0.15, 0.2) is 0 Å². The van der Waals surface area contributed by atoms with E-state index in [0.717, 1.165) is 218 Å². The predicted molar refractivity (Wildman–Crippen MR) is 605 cm³/mol. The molecule has 0 radical (unpaired) electrons. The molecule has 0 amide bonds. The minimum atomic E-state index is -3.13. The minimum absolute atomic E-state index is 0.148. The van der Waals surface area contributed by atoms with E-state index in [1.165, 1.54) is 17.6 Å². The molecule has 0 aliphatic carbocycles. The van der Waals surface area contributed by atoms with E-state index >= 15 is 0 Å². The Kier molecular flexibility index (Phi) is 37.3. The van der Waals surface area contributed by atoms with Crippen molar-refractivity contribution in [3.8, 4) is 49.0 Å². The van der Waals surface area contributed by atoms with Crippen molar-refractivity contribution in [3.63, 3.8) is 0 Å². The predicted octanol–water partition coefficient (Wildman–Crippen LogP) is 18.6. The van der Waals surface area contributed by atoms with Crippen LogP contribution in [-0.2, 0) is 50.1 Å². The summed E-state index contributed by atoms with van der Waals surface area (Å²) in [5, 5.41) is 40.9. The highest BCUT2D eigenvalue weighted by molar-refractivity contribution is 7.90. The van der Waals surface area contributed by atoms with Gasteiger partial charge < -0.3 is 47.8 Å². The molecule has 0 unspecified atom stereocenters. The molecule has 5 saturated heterocycles. The van der Waals surface area contributed by atoms with Crippen LogP contribution in [0.2, 0.25) is 5.02 Å². The molecule has 0 spiro atoms. The number of thiazole rings is 1. The van der Waals surface area contributed by atoms with Crippen LogP contribution in [0, 0.1) is 12.3 Å². The first kappa shape index (κ1) is 110. The molecular formula is C108H131ClN22O11S6. The number of allylic oxidation sites excluding steroid dienone is 1. The fourth-order valence-corrected chi connectivity index (χ4v) is 25.5. The number of methoxy groups -OCH3 is 1. The maximum atomic E-state index is 12.2. The second-order valence-electron chi connectivity index (χ2n) is 36.9. The number of nitrogens with zero attached hydrogens (tertiary/aromatic N) is 14. The normalized spacial score (nSPS) is 16.3. The average molecular weight is 2140 g/mol. The maximum Gasteiger partial charge on any atom is 0.273 e. The summed E-state index contributed by atoms with van der Waals surface area (Å²) in [4.78, 5) is 39.7. The minimum Gasteiger partial charge on any atom is -0.473 e. The summed E-state index contributed by atoms with van der Waals surface area (Å²) in [5.74, 6) is 0.763. The van der Waals surface area contributed by atoms with Crippen LogP contribution < -0.4 is 42.4 Å². The smallest absolute Gasteiger partial charge is 0.273 e. The Hall–Kier alpha value is -12.4. The number of hydrogen-bond acceptors (Lipinski definition) is 29. The van der Waals surface area contributed by atoms with Gasteiger partial charge in [-0.15, -0.1) is 0 Å². The number of rotatable bonds is 30. The molecule has 8 aromatic heterocycles. The van der Waals surface area contributed by atoms with Gasteiger partial charge in [0.25, 0.3) is 5.19 Å². The zero-order valence-electron chi connectivity index (χ0n) is 84.9. The molecule has 9 N–H and O–H groups in total. The zero-order valence-corrected chi connectivity index (χ0v) is 90.5. The lowest BCUT2D eigenvalue weighted by atomic mass is 9.98. The van der Waals surface area contributed by atoms with E-state index < -0.39 is 50.1 Å². The number of nitrogens with two attached hydrogens (primary N) is 1. The molecule has 40 heteroatoms. The number of hydrogen-bond donors (Lipinski definition) is 8. The summed E-state index contributed by atoms with van der Waals surface area (Å²) in [6.45, 7) is 18.6. The number of piperidine rings is 5. The van der Waals surface area contributed by atoms with Gasteiger partial charge in [-0.3, -0.25) is 39.9 Å². The fourth-order valence-electron chi connectivity index (χ4n) is 19.0. The van der Waals surface area contributed by atoms with E-state index in [0.29, 0.717) is 82.2 Å². The van der Waals surface area contributed by atoms with Gasteiger partial charge in [0.2, 0.25) is 50.1 Å². The number of aliphatic imine (C=N–C) groups is 1. The van der Waals surface area contributed by atoms with E-state index in [2.05, 4.69) is 150 Å². The number of anilines is 6. The molecule has 782 valence electrons. The van der Waals surface area contributed by atoms with Gasteiger partial charge in [0.05, 0.1) is 45.8 Å². The third kappa shape index (κ3) is 27.6. The standard InChI is InChI=1S/C24H29N5O2S.C22H26N4O2S.C21H23ClN4O2S.C21H29N5O2S.C20H24N4O3S2/c1-3-32(30,31)29-10-7-21(8-11-29)28-24-14-20(12-18-6-9-27-16-22(18)24)17-4-5-19(15-25)23(13-17)26-2;1-3-29(27,28)26-10-7-20(8-11-26)25-22-13-19(18-5-4-16(2)24-14-18)12-17-6-9-23-15-21(17)22;1-2-29(27,28)26-7-4-19(5-8-26)25-21-11-16(17-10-18(22)13-24-12-17)9-15-3-6-23-14-20(15)21;1-3-23-14-18(13-22)17-11-16-5-8-24-15-20(16)21(12-17)25-19-6-9-26(10-7-19)29(27,28)4-2;1-3-29(25,26)24-8-5-16(6-9-24)23-18-11-15(19-13-22-20(27-2)28-19)10-14-4-7-21-12-17(14)18/h4-6,9,12-16,21,25-26,28H,3,7-8,10-11H2,1-2H3;4-6,9,12-15,20,25H,3,7-8,10-11H2,1-2H3;3,6,9-14,19,25H,2,4-5,7-8H2,1H3;5,8,11-15,19,25H,3-4,6-7,9-10,22H2,1-2H3;4,7,10-13,16,23H,3,5-6,8-9H2,1-2H3. The molecule has 14 aromatic rings. The highest BCUT2D eigenvalue weighted by Gasteiger charge is 2.34. The number of benzene rings is 6. The summed E-state index contributed by atoms with van der Waals surface area (Å²) in [6.07, 6.45) is 37.8. The van der Waals surface area contributed by atoms with Crippen molar-refractivity contribution in [2.75, 3.05) is 147 Å². The number of fused-ring (bicyclic) bond motifs is 5. The Labute approximate surface area is 877 Å². The van der Waals surface area contributed by atoms with Gasteiger partial charge in [0.1, 0.15) is 0 Å². The lowest BCUT2D eigenvalue weighted by Gasteiger charge is -2.32. The molecular weight excluding hydrogens is 2010 g/mol. The Morgan fingerprint density at radius 2 is 0.736 bits per heavy atom. The highest BCUT2D eigenvalue weighted by atomic mass is 35.5. The molecule has 148 heavy (non-hydrogen) atoms. The van der Waals surface area contributed by atoms with Gasteiger partial charge in [-0.2, -0.15) is 0 Å². The van der Waals surface area contributed by atoms with Crippen LogP contribution >= 0.6 is 22.9 Å². The summed E-state index contributed by atoms with van der Waals surface area (Å²) < 4.78 is 134. The SMILES string of the molecule is CCN=CC(=CN)c1cc(NC2CCN(S(=O)(=O)CC)CC2)c2cnccc2c1.CCS(=O)(=O)N1CCC(Nc2cc(-c3ccc(C)nc3)cc3ccncc23)CC1.CCS(=O)(=O)N1CCC(Nc2cc(-c3ccc(C=N)c(NC)c3)cc3ccncc23)CC1.CCS(=O)(=O)N1CCC(Nc2cc(-c3cnc(OC)s3)cc3ccncc23)CC1.CCS(=O)(=O)N1CCC(Nc2cc(-c3cncc(Cl)c3)cc3ccncc23)CC1. The zero-order chi connectivity index (χ0) is 105.